The Hall–Kier alpha value is -0.603. The van der Waals surface area contributed by atoms with Gasteiger partial charge < -0.3 is 4.43 Å². The van der Waals surface area contributed by atoms with Gasteiger partial charge in [-0.25, -0.2) is 0 Å². The predicted molar refractivity (Wildman–Crippen MR) is 50.5 cm³/mol. The molecule has 0 N–H and O–H groups in total. The second kappa shape index (κ2) is 4.31. The minimum atomic E-state index is 0.322. The van der Waals surface area contributed by atoms with Gasteiger partial charge in [-0.2, -0.15) is 0 Å². The van der Waals surface area contributed by atoms with Crippen LogP contribution < -0.4 is 0 Å². The van der Waals surface area contributed by atoms with Crippen molar-refractivity contribution in [2.75, 3.05) is 0 Å². The highest BCUT2D eigenvalue weighted by atomic mass is 28.2. The highest BCUT2D eigenvalue weighted by molar-refractivity contribution is 5.98. The smallest absolute Gasteiger partial charge is 0.146 e. The summed E-state index contributed by atoms with van der Waals surface area (Å²) in [6, 6.07) is 10.4. The average Bonchev–Trinajstić information content (AvgIpc) is 2.09. The molecule has 0 amide bonds. The first-order chi connectivity index (χ1) is 5.38. The van der Waals surface area contributed by atoms with Crippen LogP contribution in [0.2, 0.25) is 0 Å². The first kappa shape index (κ1) is 8.49. The Labute approximate surface area is 70.9 Å². The van der Waals surface area contributed by atoms with Crippen molar-refractivity contribution in [2.45, 2.75) is 19.4 Å². The van der Waals surface area contributed by atoms with Gasteiger partial charge in [0.2, 0.25) is 0 Å². The van der Waals surface area contributed by atoms with Crippen molar-refractivity contribution in [3.63, 3.8) is 0 Å². The van der Waals surface area contributed by atoms with Crippen LogP contribution in [-0.4, -0.2) is 10.5 Å². The van der Waals surface area contributed by atoms with Crippen LogP contribution in [0.25, 0.3) is 0 Å². The van der Waals surface area contributed by atoms with Crippen molar-refractivity contribution in [1.29, 1.82) is 0 Å². The Morgan fingerprint density at radius 1 is 1.36 bits per heavy atom. The van der Waals surface area contributed by atoms with Crippen LogP contribution in [0.4, 0.5) is 0 Å². The molecule has 0 fully saturated rings. The molecular formula is C9H14OSi. The second-order valence-corrected chi connectivity index (χ2v) is 3.01. The zero-order valence-electron chi connectivity index (χ0n) is 7.08. The molecule has 1 nitrogen and oxygen atoms in total. The third-order valence-electron chi connectivity index (χ3n) is 1.83. The van der Waals surface area contributed by atoms with Gasteiger partial charge in [-0.1, -0.05) is 37.3 Å². The van der Waals surface area contributed by atoms with Gasteiger partial charge in [0.05, 0.1) is 6.10 Å². The fourth-order valence-electron chi connectivity index (χ4n) is 1.21. The lowest BCUT2D eigenvalue weighted by Crippen LogP contribution is -1.99. The van der Waals surface area contributed by atoms with E-state index in [4.69, 9.17) is 4.43 Å². The van der Waals surface area contributed by atoms with Crippen molar-refractivity contribution >= 4 is 10.5 Å². The number of rotatable bonds is 3. The van der Waals surface area contributed by atoms with E-state index in [0.29, 0.717) is 6.10 Å². The molecule has 0 spiro atoms. The molecular weight excluding hydrogens is 152 g/mol. The Bertz CT molecular complexity index is 194. The van der Waals surface area contributed by atoms with Gasteiger partial charge >= 0.3 is 0 Å². The van der Waals surface area contributed by atoms with Crippen LogP contribution in [0, 0.1) is 0 Å². The van der Waals surface area contributed by atoms with E-state index >= 15 is 0 Å². The molecule has 0 aromatic heterocycles. The summed E-state index contributed by atoms with van der Waals surface area (Å²) in [5, 5.41) is 0. The van der Waals surface area contributed by atoms with Gasteiger partial charge in [-0.15, -0.1) is 0 Å². The molecule has 1 rings (SSSR count). The summed E-state index contributed by atoms with van der Waals surface area (Å²) >= 11 is 0. The molecule has 0 heterocycles. The maximum atomic E-state index is 5.42. The molecule has 11 heavy (non-hydrogen) atoms. The fourth-order valence-corrected chi connectivity index (χ4v) is 1.81. The molecule has 0 aliphatic heterocycles. The molecule has 60 valence electrons. The summed E-state index contributed by atoms with van der Waals surface area (Å²) in [5.41, 5.74) is 1.30. The van der Waals surface area contributed by atoms with Crippen molar-refractivity contribution in [1.82, 2.24) is 0 Å². The molecule has 2 heteroatoms. The van der Waals surface area contributed by atoms with E-state index in [-0.39, 0.29) is 0 Å². The summed E-state index contributed by atoms with van der Waals surface area (Å²) in [7, 11) is 0.817. The van der Waals surface area contributed by atoms with Crippen LogP contribution in [0.5, 0.6) is 0 Å². The summed E-state index contributed by atoms with van der Waals surface area (Å²) < 4.78 is 5.42. The van der Waals surface area contributed by atoms with Gasteiger partial charge in [0.15, 0.2) is 0 Å². The second-order valence-electron chi connectivity index (χ2n) is 2.54. The van der Waals surface area contributed by atoms with Crippen LogP contribution in [0.15, 0.2) is 30.3 Å². The van der Waals surface area contributed by atoms with Crippen molar-refractivity contribution in [3.05, 3.63) is 35.9 Å². The quantitative estimate of drug-likeness (QED) is 0.617. The van der Waals surface area contributed by atoms with E-state index in [1.165, 1.54) is 5.56 Å². The summed E-state index contributed by atoms with van der Waals surface area (Å²) in [6.07, 6.45) is 1.39. The van der Waals surface area contributed by atoms with E-state index in [1.807, 2.05) is 6.07 Å². The lowest BCUT2D eigenvalue weighted by molar-refractivity contribution is 0.222. The zero-order chi connectivity index (χ0) is 8.10. The lowest BCUT2D eigenvalue weighted by Gasteiger charge is -2.13. The third kappa shape index (κ3) is 2.17. The zero-order valence-corrected chi connectivity index (χ0v) is 9.08. The fraction of sp³-hybridized carbons (Fsp3) is 0.333. The maximum Gasteiger partial charge on any atom is 0.146 e. The molecule has 0 saturated carbocycles. The summed E-state index contributed by atoms with van der Waals surface area (Å²) in [4.78, 5) is 0. The molecule has 0 saturated heterocycles. The summed E-state index contributed by atoms with van der Waals surface area (Å²) in [5.74, 6) is 0. The first-order valence-electron chi connectivity index (χ1n) is 3.96. The summed E-state index contributed by atoms with van der Waals surface area (Å²) in [6.45, 7) is 2.15. The maximum absolute atomic E-state index is 5.42. The largest absolute Gasteiger partial charge is 0.421 e. The van der Waals surface area contributed by atoms with E-state index in [1.54, 1.807) is 0 Å². The molecule has 0 bridgehead atoms. The highest BCUT2D eigenvalue weighted by Crippen LogP contribution is 2.18. The van der Waals surface area contributed by atoms with Gasteiger partial charge in [0.25, 0.3) is 0 Å². The molecule has 1 unspecified atom stereocenters. The Morgan fingerprint density at radius 2 is 2.00 bits per heavy atom. The van der Waals surface area contributed by atoms with Crippen LogP contribution in [0.1, 0.15) is 25.0 Å². The molecule has 1 atom stereocenters. The van der Waals surface area contributed by atoms with Gasteiger partial charge in [0.1, 0.15) is 10.5 Å². The Kier molecular flexibility index (Phi) is 3.33. The molecule has 0 radical (unpaired) electrons. The minimum absolute atomic E-state index is 0.322. The SMILES string of the molecule is CCC(O[SiH3])c1ccccc1. The Balaban J connectivity index is 2.74. The lowest BCUT2D eigenvalue weighted by atomic mass is 10.1. The van der Waals surface area contributed by atoms with Crippen molar-refractivity contribution in [3.8, 4) is 0 Å². The van der Waals surface area contributed by atoms with Crippen molar-refractivity contribution < 1.29 is 4.43 Å². The molecule has 0 aliphatic rings. The standard InChI is InChI=1S/C9H14OSi/c1-2-9(10-11)8-6-4-3-5-7-8/h3-7,9H,2H2,1,11H3. The van der Waals surface area contributed by atoms with Crippen LogP contribution >= 0.6 is 0 Å². The average molecular weight is 166 g/mol. The van der Waals surface area contributed by atoms with Crippen molar-refractivity contribution in [2.24, 2.45) is 0 Å². The third-order valence-corrected chi connectivity index (χ3v) is 2.40. The van der Waals surface area contributed by atoms with E-state index < -0.39 is 0 Å². The van der Waals surface area contributed by atoms with E-state index in [0.717, 1.165) is 16.9 Å². The normalized spacial score (nSPS) is 13.2. The van der Waals surface area contributed by atoms with Gasteiger partial charge in [-0.3, -0.25) is 0 Å². The number of hydrogen-bond donors (Lipinski definition) is 0. The Morgan fingerprint density at radius 3 is 2.45 bits per heavy atom. The monoisotopic (exact) mass is 166 g/mol. The highest BCUT2D eigenvalue weighted by Gasteiger charge is 2.04. The molecule has 1 aromatic rings. The van der Waals surface area contributed by atoms with E-state index in [9.17, 15) is 0 Å². The minimum Gasteiger partial charge on any atom is -0.421 e. The van der Waals surface area contributed by atoms with Crippen LogP contribution in [0.3, 0.4) is 0 Å². The van der Waals surface area contributed by atoms with Gasteiger partial charge in [-0.05, 0) is 12.0 Å². The predicted octanol–water partition coefficient (Wildman–Crippen LogP) is 1.43. The topological polar surface area (TPSA) is 9.23 Å². The van der Waals surface area contributed by atoms with Crippen LogP contribution in [-0.2, 0) is 4.43 Å². The van der Waals surface area contributed by atoms with Gasteiger partial charge in [0, 0.05) is 0 Å². The number of benzene rings is 1. The molecule has 0 aliphatic carbocycles. The molecule has 1 aromatic carbocycles. The first-order valence-corrected chi connectivity index (χ1v) is 4.78. The number of hydrogen-bond acceptors (Lipinski definition) is 1. The van der Waals surface area contributed by atoms with E-state index in [2.05, 4.69) is 31.2 Å².